The van der Waals surface area contributed by atoms with E-state index in [2.05, 4.69) is 6.58 Å². The van der Waals surface area contributed by atoms with Crippen LogP contribution in [-0.2, 0) is 14.3 Å². The molecule has 0 aliphatic carbocycles. The zero-order valence-corrected chi connectivity index (χ0v) is 23.8. The number of hydrogen-bond donors (Lipinski definition) is 4. The lowest BCUT2D eigenvalue weighted by molar-refractivity contribution is -0.142. The second-order valence-corrected chi connectivity index (χ2v) is 11.0. The van der Waals surface area contributed by atoms with Crippen molar-refractivity contribution in [1.29, 1.82) is 0 Å². The molecule has 1 saturated heterocycles. The Morgan fingerprint density at radius 1 is 1.08 bits per heavy atom. The van der Waals surface area contributed by atoms with Gasteiger partial charge in [0.25, 0.3) is 0 Å². The molecule has 0 spiro atoms. The van der Waals surface area contributed by atoms with E-state index >= 15 is 0 Å². The molecule has 1 aliphatic rings. The number of hydrogen-bond acceptors (Lipinski definition) is 7. The molecule has 0 radical (unpaired) electrons. The maximum absolute atomic E-state index is 11.5. The van der Waals surface area contributed by atoms with E-state index in [1.165, 1.54) is 0 Å². The molecule has 1 aliphatic heterocycles. The van der Waals surface area contributed by atoms with Crippen LogP contribution in [-0.4, -0.2) is 57.9 Å². The molecular formula is C30H49NO7. The van der Waals surface area contributed by atoms with Gasteiger partial charge in [-0.1, -0.05) is 83.2 Å². The summed E-state index contributed by atoms with van der Waals surface area (Å²) in [5.41, 5.74) is 6.31. The van der Waals surface area contributed by atoms with Crippen molar-refractivity contribution < 1.29 is 34.4 Å². The Hall–Kier alpha value is -2.42. The lowest BCUT2D eigenvalue weighted by atomic mass is 9.81. The Bertz CT molecular complexity index is 852. The summed E-state index contributed by atoms with van der Waals surface area (Å²) in [7, 11) is 0. The fraction of sp³-hybridized carbons (Fsp3) is 0.667. The standard InChI is InChI=1S/C30H49NO7/c1-8-9-10-20(4)29(38-30(31)36)23(7)28(35)22(6)16-18(2)15-21(5)27(34)19(3)11-12-24(32)17-25-13-14-26(33)37-25/h8-12,15,19-25,27-29,32,34-35H,1,13-14,16-17H2,2-7H3,(H2,31,36)/b10-9-,12-11-,18-15-/t19-,20-,21-,22-,23-,24-,25-,27-,28+,29-/m0/s1. The molecule has 38 heavy (non-hydrogen) atoms. The second-order valence-electron chi connectivity index (χ2n) is 11.0. The molecule has 1 fully saturated rings. The minimum atomic E-state index is -0.878. The van der Waals surface area contributed by atoms with E-state index in [1.54, 1.807) is 24.3 Å². The molecule has 5 N–H and O–H groups in total. The maximum Gasteiger partial charge on any atom is 0.404 e. The van der Waals surface area contributed by atoms with Crippen molar-refractivity contribution in [2.75, 3.05) is 0 Å². The molecule has 216 valence electrons. The number of esters is 1. The van der Waals surface area contributed by atoms with Crippen molar-refractivity contribution >= 4 is 12.1 Å². The zero-order valence-electron chi connectivity index (χ0n) is 23.8. The van der Waals surface area contributed by atoms with E-state index in [0.717, 1.165) is 5.57 Å². The molecule has 0 unspecified atom stereocenters. The normalized spacial score (nSPS) is 23.8. The van der Waals surface area contributed by atoms with E-state index in [4.69, 9.17) is 15.2 Å². The first-order valence-electron chi connectivity index (χ1n) is 13.6. The smallest absolute Gasteiger partial charge is 0.404 e. The van der Waals surface area contributed by atoms with Crippen molar-refractivity contribution in [3.05, 3.63) is 48.6 Å². The lowest BCUT2D eigenvalue weighted by Crippen LogP contribution is -2.41. The number of primary amides is 1. The third-order valence-corrected chi connectivity index (χ3v) is 7.34. The first kappa shape index (κ1) is 33.6. The first-order valence-corrected chi connectivity index (χ1v) is 13.6. The Morgan fingerprint density at radius 2 is 1.74 bits per heavy atom. The number of ether oxygens (including phenoxy) is 2. The molecule has 0 aromatic carbocycles. The van der Waals surface area contributed by atoms with Gasteiger partial charge in [0.15, 0.2) is 0 Å². The predicted molar refractivity (Wildman–Crippen MR) is 149 cm³/mol. The third kappa shape index (κ3) is 11.5. The summed E-state index contributed by atoms with van der Waals surface area (Å²) < 4.78 is 10.5. The molecule has 1 amide bonds. The highest BCUT2D eigenvalue weighted by Crippen LogP contribution is 2.29. The Morgan fingerprint density at radius 3 is 2.29 bits per heavy atom. The Kier molecular flexibility index (Phi) is 14.6. The number of carbonyl (C=O) groups is 2. The topological polar surface area (TPSA) is 139 Å². The van der Waals surface area contributed by atoms with Crippen LogP contribution in [0.2, 0.25) is 0 Å². The average molecular weight is 536 g/mol. The first-order chi connectivity index (χ1) is 17.8. The number of allylic oxidation sites excluding steroid dienone is 3. The minimum absolute atomic E-state index is 0.127. The van der Waals surface area contributed by atoms with Gasteiger partial charge in [0.1, 0.15) is 12.2 Å². The van der Waals surface area contributed by atoms with E-state index in [0.29, 0.717) is 25.7 Å². The van der Waals surface area contributed by atoms with Crippen molar-refractivity contribution in [3.8, 4) is 0 Å². The van der Waals surface area contributed by atoms with Gasteiger partial charge in [-0.3, -0.25) is 4.79 Å². The largest absolute Gasteiger partial charge is 0.462 e. The van der Waals surface area contributed by atoms with Crippen molar-refractivity contribution in [3.63, 3.8) is 0 Å². The number of rotatable bonds is 16. The van der Waals surface area contributed by atoms with Crippen molar-refractivity contribution in [2.45, 2.75) is 97.7 Å². The second kappa shape index (κ2) is 16.5. The molecular weight excluding hydrogens is 486 g/mol. The van der Waals surface area contributed by atoms with Crippen LogP contribution in [0.3, 0.4) is 0 Å². The molecule has 0 aromatic heterocycles. The molecule has 8 nitrogen and oxygen atoms in total. The third-order valence-electron chi connectivity index (χ3n) is 7.34. The van der Waals surface area contributed by atoms with Crippen LogP contribution in [0.4, 0.5) is 4.79 Å². The van der Waals surface area contributed by atoms with Gasteiger partial charge in [0.05, 0.1) is 18.3 Å². The summed E-state index contributed by atoms with van der Waals surface area (Å²) in [5.74, 6) is -1.23. The van der Waals surface area contributed by atoms with Gasteiger partial charge in [-0.2, -0.15) is 0 Å². The van der Waals surface area contributed by atoms with E-state index < -0.39 is 30.5 Å². The van der Waals surface area contributed by atoms with Gasteiger partial charge in [-0.25, -0.2) is 4.79 Å². The van der Waals surface area contributed by atoms with Gasteiger partial charge < -0.3 is 30.5 Å². The van der Waals surface area contributed by atoms with Gasteiger partial charge in [-0.05, 0) is 25.7 Å². The van der Waals surface area contributed by atoms with Crippen molar-refractivity contribution in [1.82, 2.24) is 0 Å². The highest BCUT2D eigenvalue weighted by Gasteiger charge is 2.33. The fourth-order valence-electron chi connectivity index (χ4n) is 5.14. The summed E-state index contributed by atoms with van der Waals surface area (Å²) >= 11 is 0. The number of cyclic esters (lactones) is 1. The van der Waals surface area contributed by atoms with E-state index in [9.17, 15) is 24.9 Å². The lowest BCUT2D eigenvalue weighted by Gasteiger charge is -2.33. The highest BCUT2D eigenvalue weighted by molar-refractivity contribution is 5.71. The predicted octanol–water partition coefficient (Wildman–Crippen LogP) is 4.44. The highest BCUT2D eigenvalue weighted by atomic mass is 16.6. The summed E-state index contributed by atoms with van der Waals surface area (Å²) in [4.78, 5) is 22.7. The van der Waals surface area contributed by atoms with Gasteiger partial charge in [0.2, 0.25) is 0 Å². The van der Waals surface area contributed by atoms with Crippen LogP contribution in [0, 0.1) is 29.6 Å². The summed E-state index contributed by atoms with van der Waals surface area (Å²) in [6.07, 6.45) is 8.82. The number of amides is 1. The fourth-order valence-corrected chi connectivity index (χ4v) is 5.14. The maximum atomic E-state index is 11.5. The molecule has 10 atom stereocenters. The van der Waals surface area contributed by atoms with Crippen molar-refractivity contribution in [2.24, 2.45) is 35.3 Å². The summed E-state index contributed by atoms with van der Waals surface area (Å²) in [6.45, 7) is 15.1. The van der Waals surface area contributed by atoms with Crippen LogP contribution < -0.4 is 5.73 Å². The molecule has 1 heterocycles. The number of aliphatic hydroxyl groups excluding tert-OH is 3. The van der Waals surface area contributed by atoms with E-state index in [1.807, 2.05) is 53.7 Å². The molecule has 0 saturated carbocycles. The quantitative estimate of drug-likeness (QED) is 0.130. The van der Waals surface area contributed by atoms with Crippen LogP contribution in [0.25, 0.3) is 0 Å². The van der Waals surface area contributed by atoms with Crippen LogP contribution in [0.1, 0.15) is 67.2 Å². The van der Waals surface area contributed by atoms with Gasteiger partial charge >= 0.3 is 12.1 Å². The van der Waals surface area contributed by atoms with Crippen LogP contribution >= 0.6 is 0 Å². The average Bonchev–Trinajstić information content (AvgIpc) is 3.26. The molecule has 8 heteroatoms. The minimum Gasteiger partial charge on any atom is -0.462 e. The van der Waals surface area contributed by atoms with Gasteiger partial charge in [-0.15, -0.1) is 0 Å². The van der Waals surface area contributed by atoms with Crippen LogP contribution in [0.5, 0.6) is 0 Å². The molecule has 0 bridgehead atoms. The number of aliphatic hydroxyl groups is 3. The number of nitrogens with two attached hydrogens (primary N) is 1. The summed E-state index contributed by atoms with van der Waals surface area (Å²) in [5, 5.41) is 32.1. The summed E-state index contributed by atoms with van der Waals surface area (Å²) in [6, 6.07) is 0. The van der Waals surface area contributed by atoms with E-state index in [-0.39, 0.29) is 41.7 Å². The van der Waals surface area contributed by atoms with Crippen LogP contribution in [0.15, 0.2) is 48.6 Å². The monoisotopic (exact) mass is 535 g/mol. The Labute approximate surface area is 228 Å². The Balaban J connectivity index is 2.71. The van der Waals surface area contributed by atoms with Gasteiger partial charge in [0, 0.05) is 36.5 Å². The molecule has 1 rings (SSSR count). The SMILES string of the molecule is C=C/C=C\[C@H](C)[C@H](OC(N)=O)[C@@H](C)[C@H](O)[C@@H](C)C/C(C)=C\[C@H](C)[C@@H](O)[C@@H](C)/C=C\[C@H](O)C[C@@H]1CCC(=O)O1. The number of carbonyl (C=O) groups excluding carboxylic acids is 2. The zero-order chi connectivity index (χ0) is 29.0. The molecule has 0 aromatic rings.